The number of aromatic nitrogens is 4. The molecule has 50 heavy (non-hydrogen) atoms. The van der Waals surface area contributed by atoms with Gasteiger partial charge in [0.2, 0.25) is 0 Å². The van der Waals surface area contributed by atoms with Crippen LogP contribution in [0.3, 0.4) is 0 Å². The maximum absolute atomic E-state index is 4.94. The monoisotopic (exact) mass is 642 g/mol. The normalized spacial score (nSPS) is 11.3. The summed E-state index contributed by atoms with van der Waals surface area (Å²) in [6.45, 7) is 6.21. The summed E-state index contributed by atoms with van der Waals surface area (Å²) in [5.74, 6) is 1.94. The predicted octanol–water partition coefficient (Wildman–Crippen LogP) is 11.8. The smallest absolute Gasteiger partial charge is 0.164 e. The standard InChI is InChI=1S/C46H34N4/c1-3-15-40-41-24-11-12-25-43(41)50(42(40)4-2)39-28-26-32(27-29-39)35-20-13-21-36(30-35)37-22-14-23-38(31-37)46-48-44(33-16-7-5-8-17-33)47-45(49-46)34-18-9-6-10-19-34/h3-31H,2H2,1H3/b15-3-. The van der Waals surface area contributed by atoms with Crippen molar-refractivity contribution in [3.8, 4) is 62.1 Å². The molecule has 0 spiro atoms. The minimum Gasteiger partial charge on any atom is -0.309 e. The summed E-state index contributed by atoms with van der Waals surface area (Å²) in [6.07, 6.45) is 6.19. The van der Waals surface area contributed by atoms with Crippen molar-refractivity contribution < 1.29 is 0 Å². The zero-order valence-electron chi connectivity index (χ0n) is 27.7. The van der Waals surface area contributed by atoms with Crippen LogP contribution in [0.15, 0.2) is 170 Å². The average molecular weight is 643 g/mol. The lowest BCUT2D eigenvalue weighted by Crippen LogP contribution is -2.00. The van der Waals surface area contributed by atoms with Crippen LogP contribution in [0.1, 0.15) is 18.2 Å². The average Bonchev–Trinajstić information content (AvgIpc) is 3.51. The molecule has 6 aromatic carbocycles. The van der Waals surface area contributed by atoms with Crippen molar-refractivity contribution in [1.82, 2.24) is 19.5 Å². The highest BCUT2D eigenvalue weighted by Crippen LogP contribution is 2.34. The van der Waals surface area contributed by atoms with Gasteiger partial charge in [-0.2, -0.15) is 0 Å². The second-order valence-corrected chi connectivity index (χ2v) is 12.1. The fraction of sp³-hybridized carbons (Fsp3) is 0.0217. The van der Waals surface area contributed by atoms with Crippen molar-refractivity contribution in [3.63, 3.8) is 0 Å². The number of nitrogens with zero attached hydrogens (tertiary/aromatic N) is 4. The topological polar surface area (TPSA) is 43.6 Å². The molecule has 0 aliphatic heterocycles. The largest absolute Gasteiger partial charge is 0.309 e. The van der Waals surface area contributed by atoms with Gasteiger partial charge in [-0.25, -0.2) is 15.0 Å². The van der Waals surface area contributed by atoms with Gasteiger partial charge in [0.15, 0.2) is 17.5 Å². The van der Waals surface area contributed by atoms with E-state index in [-0.39, 0.29) is 0 Å². The molecule has 0 unspecified atom stereocenters. The Hall–Kier alpha value is -6.65. The third-order valence-corrected chi connectivity index (χ3v) is 8.95. The van der Waals surface area contributed by atoms with Crippen LogP contribution < -0.4 is 0 Å². The van der Waals surface area contributed by atoms with Gasteiger partial charge >= 0.3 is 0 Å². The lowest BCUT2D eigenvalue weighted by Gasteiger charge is -2.12. The van der Waals surface area contributed by atoms with Gasteiger partial charge in [-0.1, -0.05) is 146 Å². The molecule has 2 aromatic heterocycles. The van der Waals surface area contributed by atoms with Gasteiger partial charge in [0.25, 0.3) is 0 Å². The Labute approximate surface area is 292 Å². The highest BCUT2D eigenvalue weighted by atomic mass is 15.0. The zero-order valence-corrected chi connectivity index (χ0v) is 27.7. The summed E-state index contributed by atoms with van der Waals surface area (Å²) < 4.78 is 2.29. The van der Waals surface area contributed by atoms with E-state index in [1.165, 1.54) is 10.9 Å². The summed E-state index contributed by atoms with van der Waals surface area (Å²) in [7, 11) is 0. The molecule has 2 heterocycles. The summed E-state index contributed by atoms with van der Waals surface area (Å²) in [5.41, 5.74) is 11.9. The number of rotatable bonds is 8. The first-order valence-corrected chi connectivity index (χ1v) is 16.8. The highest BCUT2D eigenvalue weighted by Gasteiger charge is 2.15. The van der Waals surface area contributed by atoms with E-state index in [1.54, 1.807) is 0 Å². The zero-order chi connectivity index (χ0) is 33.9. The summed E-state index contributed by atoms with van der Waals surface area (Å²) in [5, 5.41) is 1.21. The summed E-state index contributed by atoms with van der Waals surface area (Å²) in [6, 6.07) is 54.6. The van der Waals surface area contributed by atoms with Gasteiger partial charge < -0.3 is 4.57 Å². The number of para-hydroxylation sites is 1. The Morgan fingerprint density at radius 1 is 0.480 bits per heavy atom. The van der Waals surface area contributed by atoms with Crippen LogP contribution in [0.25, 0.3) is 85.2 Å². The molecule has 0 fully saturated rings. The lowest BCUT2D eigenvalue weighted by molar-refractivity contribution is 1.07. The molecule has 0 amide bonds. The molecule has 0 aliphatic rings. The summed E-state index contributed by atoms with van der Waals surface area (Å²) in [4.78, 5) is 14.7. The first-order chi connectivity index (χ1) is 24.7. The van der Waals surface area contributed by atoms with Crippen molar-refractivity contribution in [2.45, 2.75) is 6.92 Å². The molecule has 0 aliphatic carbocycles. The first-order valence-electron chi connectivity index (χ1n) is 16.8. The molecule has 0 radical (unpaired) electrons. The van der Waals surface area contributed by atoms with E-state index in [1.807, 2.05) is 66.7 Å². The van der Waals surface area contributed by atoms with Crippen LogP contribution in [-0.4, -0.2) is 19.5 Å². The predicted molar refractivity (Wildman–Crippen MR) is 209 cm³/mol. The minimum atomic E-state index is 0.639. The van der Waals surface area contributed by atoms with E-state index in [9.17, 15) is 0 Å². The lowest BCUT2D eigenvalue weighted by atomic mass is 9.97. The van der Waals surface area contributed by atoms with Crippen LogP contribution in [0.2, 0.25) is 0 Å². The number of allylic oxidation sites excluding steroid dienone is 1. The number of benzene rings is 6. The Balaban J connectivity index is 1.15. The van der Waals surface area contributed by atoms with Gasteiger partial charge in [0.1, 0.15) is 0 Å². The Bertz CT molecular complexity index is 2430. The van der Waals surface area contributed by atoms with Gasteiger partial charge in [0.05, 0.1) is 11.2 Å². The minimum absolute atomic E-state index is 0.639. The molecule has 8 rings (SSSR count). The van der Waals surface area contributed by atoms with E-state index < -0.39 is 0 Å². The van der Waals surface area contributed by atoms with Crippen LogP contribution in [0.5, 0.6) is 0 Å². The van der Waals surface area contributed by atoms with Crippen molar-refractivity contribution in [2.24, 2.45) is 0 Å². The number of fused-ring (bicyclic) bond motifs is 1. The van der Waals surface area contributed by atoms with Gasteiger partial charge in [0, 0.05) is 33.3 Å². The molecule has 0 N–H and O–H groups in total. The molecule has 4 nitrogen and oxygen atoms in total. The number of hydrogen-bond donors (Lipinski definition) is 0. The SMILES string of the molecule is C=Cc1c(/C=C\C)c2ccccc2n1-c1ccc(-c2cccc(-c3cccc(-c4nc(-c5ccccc5)nc(-c5ccccc5)n4)c3)c2)cc1. The Morgan fingerprint density at radius 2 is 0.960 bits per heavy atom. The molecule has 0 saturated carbocycles. The van der Waals surface area contributed by atoms with Crippen LogP contribution in [-0.2, 0) is 0 Å². The van der Waals surface area contributed by atoms with Gasteiger partial charge in [-0.15, -0.1) is 0 Å². The third kappa shape index (κ3) is 5.84. The Morgan fingerprint density at radius 3 is 1.54 bits per heavy atom. The highest BCUT2D eigenvalue weighted by molar-refractivity contribution is 5.95. The van der Waals surface area contributed by atoms with Crippen molar-refractivity contribution >= 4 is 23.1 Å². The second-order valence-electron chi connectivity index (χ2n) is 12.1. The fourth-order valence-corrected chi connectivity index (χ4v) is 6.56. The van der Waals surface area contributed by atoms with E-state index >= 15 is 0 Å². The van der Waals surface area contributed by atoms with Crippen LogP contribution >= 0.6 is 0 Å². The van der Waals surface area contributed by atoms with Crippen molar-refractivity contribution in [3.05, 3.63) is 182 Å². The molecular weight excluding hydrogens is 609 g/mol. The Kier molecular flexibility index (Phi) is 8.26. The van der Waals surface area contributed by atoms with E-state index in [4.69, 9.17) is 15.0 Å². The van der Waals surface area contributed by atoms with Gasteiger partial charge in [-0.3, -0.25) is 0 Å². The fourth-order valence-electron chi connectivity index (χ4n) is 6.56. The van der Waals surface area contributed by atoms with Crippen LogP contribution in [0, 0.1) is 0 Å². The van der Waals surface area contributed by atoms with Crippen LogP contribution in [0.4, 0.5) is 0 Å². The van der Waals surface area contributed by atoms with E-state index in [0.29, 0.717) is 17.5 Å². The third-order valence-electron chi connectivity index (χ3n) is 8.95. The molecule has 0 atom stereocenters. The quantitative estimate of drug-likeness (QED) is 0.166. The first kappa shape index (κ1) is 30.7. The van der Waals surface area contributed by atoms with Gasteiger partial charge in [-0.05, 0) is 65.6 Å². The van der Waals surface area contributed by atoms with Crippen molar-refractivity contribution in [2.75, 3.05) is 0 Å². The van der Waals surface area contributed by atoms with E-state index in [2.05, 4.69) is 127 Å². The van der Waals surface area contributed by atoms with E-state index in [0.717, 1.165) is 55.8 Å². The maximum Gasteiger partial charge on any atom is 0.164 e. The molecule has 4 heteroatoms. The maximum atomic E-state index is 4.94. The molecule has 8 aromatic rings. The molecule has 0 bridgehead atoms. The molecule has 0 saturated heterocycles. The van der Waals surface area contributed by atoms with Crippen molar-refractivity contribution in [1.29, 1.82) is 0 Å². The number of hydrogen-bond acceptors (Lipinski definition) is 3. The second kappa shape index (κ2) is 13.5. The summed E-state index contributed by atoms with van der Waals surface area (Å²) >= 11 is 0. The molecular formula is C46H34N4. The molecule has 238 valence electrons.